The lowest BCUT2D eigenvalue weighted by Gasteiger charge is -2.08. The number of hydrogen-bond donors (Lipinski definition) is 0. The first kappa shape index (κ1) is 15.3. The summed E-state index contributed by atoms with van der Waals surface area (Å²) in [4.78, 5) is 11.3. The van der Waals surface area contributed by atoms with E-state index in [0.29, 0.717) is 26.1 Å². The van der Waals surface area contributed by atoms with E-state index in [1.165, 1.54) is 16.2 Å². The summed E-state index contributed by atoms with van der Waals surface area (Å²) in [7, 11) is 0. The molecule has 0 aromatic heterocycles. The Hall–Kier alpha value is -2.55. The fraction of sp³-hybridized carbons (Fsp3) is 0.250. The molecular weight excluding hydrogens is 288 g/mol. The van der Waals surface area contributed by atoms with Crippen molar-refractivity contribution in [3.63, 3.8) is 0 Å². The Balaban J connectivity index is 1.67. The minimum Gasteiger partial charge on any atom is -0.494 e. The van der Waals surface area contributed by atoms with Gasteiger partial charge in [0.05, 0.1) is 13.2 Å². The van der Waals surface area contributed by atoms with Crippen LogP contribution in [-0.2, 0) is 9.53 Å². The van der Waals surface area contributed by atoms with Crippen molar-refractivity contribution in [3.05, 3.63) is 54.6 Å². The second kappa shape index (κ2) is 7.14. The second-order valence-electron chi connectivity index (χ2n) is 5.47. The van der Waals surface area contributed by atoms with Gasteiger partial charge in [-0.1, -0.05) is 30.3 Å². The van der Waals surface area contributed by atoms with Crippen LogP contribution in [0, 0.1) is 0 Å². The molecule has 3 rings (SSSR count). The predicted molar refractivity (Wildman–Crippen MR) is 92.8 cm³/mol. The zero-order valence-electron chi connectivity index (χ0n) is 13.2. The van der Waals surface area contributed by atoms with E-state index in [4.69, 9.17) is 9.47 Å². The standard InChI is InChI=1S/C20H20O3/c1-2-22-20(21)8-5-11-23-19-10-9-17-12-15-6-3-4-7-16(15)13-18(17)14-19/h3-4,6-7,9-10,12-14H,2,5,8,11H2,1H3. The van der Waals surface area contributed by atoms with Crippen molar-refractivity contribution in [1.29, 1.82) is 0 Å². The quantitative estimate of drug-likeness (QED) is 0.376. The largest absolute Gasteiger partial charge is 0.494 e. The first-order chi connectivity index (χ1) is 11.3. The molecule has 0 unspecified atom stereocenters. The normalized spacial score (nSPS) is 10.8. The fourth-order valence-electron chi connectivity index (χ4n) is 2.65. The Kier molecular flexibility index (Phi) is 4.77. The van der Waals surface area contributed by atoms with Crippen LogP contribution >= 0.6 is 0 Å². The maximum Gasteiger partial charge on any atom is 0.305 e. The van der Waals surface area contributed by atoms with Gasteiger partial charge < -0.3 is 9.47 Å². The Morgan fingerprint density at radius 2 is 1.61 bits per heavy atom. The number of esters is 1. The molecule has 0 heterocycles. The lowest BCUT2D eigenvalue weighted by molar-refractivity contribution is -0.143. The van der Waals surface area contributed by atoms with Gasteiger partial charge in [-0.2, -0.15) is 0 Å². The van der Waals surface area contributed by atoms with E-state index < -0.39 is 0 Å². The monoisotopic (exact) mass is 308 g/mol. The molecular formula is C20H20O3. The summed E-state index contributed by atoms with van der Waals surface area (Å²) in [5, 5.41) is 4.82. The van der Waals surface area contributed by atoms with Crippen LogP contribution in [0.15, 0.2) is 54.6 Å². The summed E-state index contributed by atoms with van der Waals surface area (Å²) in [6, 6.07) is 18.8. The Bertz CT molecular complexity index is 823. The third-order valence-electron chi connectivity index (χ3n) is 3.78. The molecule has 0 aliphatic rings. The van der Waals surface area contributed by atoms with E-state index in [0.717, 1.165) is 11.1 Å². The number of carbonyl (C=O) groups is 1. The average Bonchev–Trinajstić information content (AvgIpc) is 2.57. The van der Waals surface area contributed by atoms with Gasteiger partial charge in [0.2, 0.25) is 0 Å². The molecule has 0 spiro atoms. The molecule has 0 aliphatic carbocycles. The molecule has 0 N–H and O–H groups in total. The Morgan fingerprint density at radius 3 is 2.35 bits per heavy atom. The van der Waals surface area contributed by atoms with Crippen LogP contribution < -0.4 is 4.74 Å². The van der Waals surface area contributed by atoms with E-state index in [1.807, 2.05) is 25.1 Å². The number of fused-ring (bicyclic) bond motifs is 2. The van der Waals surface area contributed by atoms with E-state index >= 15 is 0 Å². The third-order valence-corrected chi connectivity index (χ3v) is 3.78. The number of carbonyl (C=O) groups excluding carboxylic acids is 1. The van der Waals surface area contributed by atoms with Crippen molar-refractivity contribution in [2.24, 2.45) is 0 Å². The summed E-state index contributed by atoms with van der Waals surface area (Å²) in [5.41, 5.74) is 0. The minimum absolute atomic E-state index is 0.166. The molecule has 3 heteroatoms. The summed E-state index contributed by atoms with van der Waals surface area (Å²) in [5.74, 6) is 0.665. The van der Waals surface area contributed by atoms with Gasteiger partial charge in [0.1, 0.15) is 5.75 Å². The van der Waals surface area contributed by atoms with Crippen LogP contribution in [0.2, 0.25) is 0 Å². The zero-order chi connectivity index (χ0) is 16.1. The first-order valence-electron chi connectivity index (χ1n) is 7.97. The maximum atomic E-state index is 11.3. The van der Waals surface area contributed by atoms with Crippen molar-refractivity contribution in [2.75, 3.05) is 13.2 Å². The number of benzene rings is 3. The smallest absolute Gasteiger partial charge is 0.305 e. The van der Waals surface area contributed by atoms with E-state index in [9.17, 15) is 4.79 Å². The molecule has 3 nitrogen and oxygen atoms in total. The highest BCUT2D eigenvalue weighted by molar-refractivity contribution is 5.98. The molecule has 0 aliphatic heterocycles. The SMILES string of the molecule is CCOC(=O)CCCOc1ccc2cc3ccccc3cc2c1. The number of ether oxygens (including phenoxy) is 2. The van der Waals surface area contributed by atoms with Crippen molar-refractivity contribution in [1.82, 2.24) is 0 Å². The maximum absolute atomic E-state index is 11.3. The molecule has 0 saturated heterocycles. The van der Waals surface area contributed by atoms with Crippen molar-refractivity contribution in [3.8, 4) is 5.75 Å². The van der Waals surface area contributed by atoms with Gasteiger partial charge in [0.25, 0.3) is 0 Å². The van der Waals surface area contributed by atoms with E-state index in [-0.39, 0.29) is 5.97 Å². The molecule has 0 amide bonds. The predicted octanol–water partition coefficient (Wildman–Crippen LogP) is 4.72. The Morgan fingerprint density at radius 1 is 0.913 bits per heavy atom. The van der Waals surface area contributed by atoms with Crippen LogP contribution in [0.5, 0.6) is 5.75 Å². The average molecular weight is 308 g/mol. The summed E-state index contributed by atoms with van der Waals surface area (Å²) in [6.07, 6.45) is 1.06. The van der Waals surface area contributed by atoms with Crippen LogP contribution in [0.25, 0.3) is 21.5 Å². The minimum atomic E-state index is -0.166. The molecule has 3 aromatic rings. The van der Waals surface area contributed by atoms with Gasteiger partial charge in [0.15, 0.2) is 0 Å². The highest BCUT2D eigenvalue weighted by Gasteiger charge is 2.03. The van der Waals surface area contributed by atoms with Crippen LogP contribution in [0.1, 0.15) is 19.8 Å². The molecule has 118 valence electrons. The fourth-order valence-corrected chi connectivity index (χ4v) is 2.65. The van der Waals surface area contributed by atoms with Crippen LogP contribution in [-0.4, -0.2) is 19.2 Å². The van der Waals surface area contributed by atoms with Crippen molar-refractivity contribution in [2.45, 2.75) is 19.8 Å². The van der Waals surface area contributed by atoms with Gasteiger partial charge in [-0.25, -0.2) is 0 Å². The molecule has 0 bridgehead atoms. The lowest BCUT2D eigenvalue weighted by Crippen LogP contribution is -2.06. The van der Waals surface area contributed by atoms with Crippen LogP contribution in [0.4, 0.5) is 0 Å². The second-order valence-corrected chi connectivity index (χ2v) is 5.47. The lowest BCUT2D eigenvalue weighted by atomic mass is 10.0. The molecule has 0 atom stereocenters. The highest BCUT2D eigenvalue weighted by atomic mass is 16.5. The van der Waals surface area contributed by atoms with Crippen molar-refractivity contribution < 1.29 is 14.3 Å². The third kappa shape index (κ3) is 3.81. The summed E-state index contributed by atoms with van der Waals surface area (Å²) >= 11 is 0. The molecule has 0 saturated carbocycles. The van der Waals surface area contributed by atoms with Gasteiger partial charge in [-0.3, -0.25) is 4.79 Å². The number of hydrogen-bond acceptors (Lipinski definition) is 3. The van der Waals surface area contributed by atoms with Crippen LogP contribution in [0.3, 0.4) is 0 Å². The highest BCUT2D eigenvalue weighted by Crippen LogP contribution is 2.26. The topological polar surface area (TPSA) is 35.5 Å². The molecule has 3 aromatic carbocycles. The summed E-state index contributed by atoms with van der Waals surface area (Å²) in [6.45, 7) is 2.75. The van der Waals surface area contributed by atoms with E-state index in [1.54, 1.807) is 0 Å². The van der Waals surface area contributed by atoms with Gasteiger partial charge in [-0.05, 0) is 59.2 Å². The van der Waals surface area contributed by atoms with Gasteiger partial charge in [-0.15, -0.1) is 0 Å². The molecule has 23 heavy (non-hydrogen) atoms. The summed E-state index contributed by atoms with van der Waals surface area (Å²) < 4.78 is 10.6. The first-order valence-corrected chi connectivity index (χ1v) is 7.97. The van der Waals surface area contributed by atoms with Crippen molar-refractivity contribution >= 4 is 27.5 Å². The molecule has 0 fully saturated rings. The Labute approximate surface area is 135 Å². The van der Waals surface area contributed by atoms with E-state index in [2.05, 4.69) is 36.4 Å². The van der Waals surface area contributed by atoms with Gasteiger partial charge >= 0.3 is 5.97 Å². The zero-order valence-corrected chi connectivity index (χ0v) is 13.2. The number of rotatable bonds is 6. The van der Waals surface area contributed by atoms with Gasteiger partial charge in [0, 0.05) is 6.42 Å². The molecule has 0 radical (unpaired) electrons.